The molecule has 32 heavy (non-hydrogen) atoms. The van der Waals surface area contributed by atoms with Gasteiger partial charge in [0.25, 0.3) is 0 Å². The van der Waals surface area contributed by atoms with E-state index in [2.05, 4.69) is 37.5 Å². The lowest BCUT2D eigenvalue weighted by Gasteiger charge is -2.19. The van der Waals surface area contributed by atoms with Crippen LogP contribution >= 0.6 is 0 Å². The summed E-state index contributed by atoms with van der Waals surface area (Å²) < 4.78 is 40.9. The number of aromatic nitrogens is 2. The fraction of sp³-hybridized carbons (Fsp3) is 0.364. The van der Waals surface area contributed by atoms with Gasteiger partial charge in [-0.2, -0.15) is 5.10 Å². The maximum atomic E-state index is 12.3. The molecule has 1 aliphatic heterocycles. The molecule has 2 heterocycles. The van der Waals surface area contributed by atoms with Gasteiger partial charge in [-0.25, -0.2) is 4.79 Å². The lowest BCUT2D eigenvalue weighted by atomic mass is 10.0. The van der Waals surface area contributed by atoms with E-state index in [-0.39, 0.29) is 11.8 Å². The van der Waals surface area contributed by atoms with E-state index in [0.29, 0.717) is 23.9 Å². The lowest BCUT2D eigenvalue weighted by Crippen LogP contribution is -2.34. The lowest BCUT2D eigenvalue weighted by molar-refractivity contribution is -0.274. The first-order valence-corrected chi connectivity index (χ1v) is 10.4. The zero-order valence-electron chi connectivity index (χ0n) is 17.5. The van der Waals surface area contributed by atoms with Crippen LogP contribution in [-0.2, 0) is 0 Å². The van der Waals surface area contributed by atoms with E-state index in [1.807, 2.05) is 12.1 Å². The number of carbonyl (C=O) groups is 1. The van der Waals surface area contributed by atoms with Crippen molar-refractivity contribution in [3.63, 3.8) is 0 Å². The standard InChI is InChI=1S/C22H24F3N5O2/c1-30-12-2-3-16(30)10-11-26-21(31)27-20-18-9-6-15(13-19(18)28-29-20)14-4-7-17(8-5-14)32-22(23,24)25/h4-9,13,16H,2-3,10-12H2,1H3,(H3,26,27,28,29,31). The number of urea groups is 1. The summed E-state index contributed by atoms with van der Waals surface area (Å²) in [6.45, 7) is 1.69. The number of rotatable bonds is 6. The predicted molar refractivity (Wildman–Crippen MR) is 116 cm³/mol. The van der Waals surface area contributed by atoms with E-state index in [9.17, 15) is 18.0 Å². The van der Waals surface area contributed by atoms with E-state index in [1.54, 1.807) is 18.2 Å². The molecule has 7 nitrogen and oxygen atoms in total. The highest BCUT2D eigenvalue weighted by Crippen LogP contribution is 2.29. The Morgan fingerprint density at radius 2 is 1.97 bits per heavy atom. The Bertz CT molecular complexity index is 1080. The number of H-pyrrole nitrogens is 1. The summed E-state index contributed by atoms with van der Waals surface area (Å²) in [6.07, 6.45) is -1.47. The number of aromatic amines is 1. The summed E-state index contributed by atoms with van der Waals surface area (Å²) in [5.41, 5.74) is 2.21. The van der Waals surface area contributed by atoms with Crippen LogP contribution in [0.5, 0.6) is 5.75 Å². The van der Waals surface area contributed by atoms with Crippen LogP contribution in [0.25, 0.3) is 22.0 Å². The number of hydrogen-bond donors (Lipinski definition) is 3. The monoisotopic (exact) mass is 447 g/mol. The molecule has 10 heteroatoms. The van der Waals surface area contributed by atoms with Gasteiger partial charge in [-0.15, -0.1) is 13.2 Å². The van der Waals surface area contributed by atoms with Crippen molar-refractivity contribution in [2.45, 2.75) is 31.7 Å². The number of amides is 2. The summed E-state index contributed by atoms with van der Waals surface area (Å²) >= 11 is 0. The van der Waals surface area contributed by atoms with Crippen molar-refractivity contribution in [3.8, 4) is 16.9 Å². The second-order valence-corrected chi connectivity index (χ2v) is 7.85. The quantitative estimate of drug-likeness (QED) is 0.510. The third-order valence-electron chi connectivity index (χ3n) is 5.65. The van der Waals surface area contributed by atoms with Crippen molar-refractivity contribution in [1.29, 1.82) is 0 Å². The van der Waals surface area contributed by atoms with Crippen LogP contribution in [0.3, 0.4) is 0 Å². The SMILES string of the molecule is CN1CCCC1CCNC(=O)Nc1n[nH]c2cc(-c3ccc(OC(F)(F)F)cc3)ccc12. The number of ether oxygens (including phenoxy) is 1. The number of nitrogens with zero attached hydrogens (tertiary/aromatic N) is 2. The van der Waals surface area contributed by atoms with E-state index in [1.165, 1.54) is 18.6 Å². The van der Waals surface area contributed by atoms with Crippen molar-refractivity contribution < 1.29 is 22.7 Å². The molecule has 0 radical (unpaired) electrons. The maximum Gasteiger partial charge on any atom is 0.573 e. The second kappa shape index (κ2) is 9.07. The van der Waals surface area contributed by atoms with Gasteiger partial charge in [-0.3, -0.25) is 10.4 Å². The summed E-state index contributed by atoms with van der Waals surface area (Å²) in [5, 5.41) is 13.4. The highest BCUT2D eigenvalue weighted by atomic mass is 19.4. The molecule has 3 N–H and O–H groups in total. The zero-order chi connectivity index (χ0) is 22.7. The molecule has 0 spiro atoms. The Kier molecular flexibility index (Phi) is 6.22. The second-order valence-electron chi connectivity index (χ2n) is 7.85. The van der Waals surface area contributed by atoms with Crippen molar-refractivity contribution in [2.75, 3.05) is 25.5 Å². The van der Waals surface area contributed by atoms with Crippen LogP contribution in [0.15, 0.2) is 42.5 Å². The third kappa shape index (κ3) is 5.31. The largest absolute Gasteiger partial charge is 0.573 e. The van der Waals surface area contributed by atoms with Gasteiger partial charge < -0.3 is 15.0 Å². The van der Waals surface area contributed by atoms with Gasteiger partial charge in [0.05, 0.1) is 5.52 Å². The number of alkyl halides is 3. The highest BCUT2D eigenvalue weighted by molar-refractivity contribution is 6.00. The first kappa shape index (κ1) is 21.9. The molecule has 1 aromatic heterocycles. The number of halogens is 3. The number of nitrogens with one attached hydrogen (secondary N) is 3. The zero-order valence-corrected chi connectivity index (χ0v) is 17.5. The first-order valence-electron chi connectivity index (χ1n) is 10.4. The molecular formula is C22H24F3N5O2. The van der Waals surface area contributed by atoms with E-state index in [4.69, 9.17) is 0 Å². The number of benzene rings is 2. The summed E-state index contributed by atoms with van der Waals surface area (Å²) in [5.74, 6) is 0.136. The minimum atomic E-state index is -4.72. The predicted octanol–water partition coefficient (Wildman–Crippen LogP) is 4.73. The average molecular weight is 447 g/mol. The normalized spacial score (nSPS) is 16.9. The fourth-order valence-corrected chi connectivity index (χ4v) is 3.99. The average Bonchev–Trinajstić information content (AvgIpc) is 3.33. The van der Waals surface area contributed by atoms with Gasteiger partial charge in [0, 0.05) is 18.0 Å². The van der Waals surface area contributed by atoms with Crippen LogP contribution in [0.1, 0.15) is 19.3 Å². The topological polar surface area (TPSA) is 82.3 Å². The van der Waals surface area contributed by atoms with Gasteiger partial charge in [-0.05, 0) is 68.2 Å². The number of hydrogen-bond acceptors (Lipinski definition) is 4. The molecule has 1 fully saturated rings. The number of fused-ring (bicyclic) bond motifs is 1. The van der Waals surface area contributed by atoms with Crippen LogP contribution in [-0.4, -0.2) is 53.7 Å². The molecule has 1 saturated heterocycles. The van der Waals surface area contributed by atoms with Crippen LogP contribution in [0, 0.1) is 0 Å². The molecule has 1 aliphatic rings. The molecular weight excluding hydrogens is 423 g/mol. The number of carbonyl (C=O) groups excluding carboxylic acids is 1. The Balaban J connectivity index is 1.37. The Morgan fingerprint density at radius 3 is 2.66 bits per heavy atom. The maximum absolute atomic E-state index is 12.3. The molecule has 2 aromatic carbocycles. The molecule has 0 bridgehead atoms. The fourth-order valence-electron chi connectivity index (χ4n) is 3.99. The van der Waals surface area contributed by atoms with Gasteiger partial charge in [-0.1, -0.05) is 18.2 Å². The molecule has 3 aromatic rings. The molecule has 2 amide bonds. The van der Waals surface area contributed by atoms with Crippen LogP contribution in [0.2, 0.25) is 0 Å². The third-order valence-corrected chi connectivity index (χ3v) is 5.65. The van der Waals surface area contributed by atoms with Gasteiger partial charge in [0.15, 0.2) is 5.82 Å². The summed E-state index contributed by atoms with van der Waals surface area (Å²) in [4.78, 5) is 14.6. The van der Waals surface area contributed by atoms with Gasteiger partial charge >= 0.3 is 12.4 Å². The Hall–Kier alpha value is -3.27. The highest BCUT2D eigenvalue weighted by Gasteiger charge is 2.31. The van der Waals surface area contributed by atoms with Crippen molar-refractivity contribution in [3.05, 3.63) is 42.5 Å². The van der Waals surface area contributed by atoms with Crippen LogP contribution in [0.4, 0.5) is 23.8 Å². The smallest absolute Gasteiger partial charge is 0.406 e. The Labute approximate surface area is 182 Å². The molecule has 0 saturated carbocycles. The van der Waals surface area contributed by atoms with Crippen molar-refractivity contribution >= 4 is 22.8 Å². The van der Waals surface area contributed by atoms with E-state index >= 15 is 0 Å². The number of anilines is 1. The van der Waals surface area contributed by atoms with Crippen molar-refractivity contribution in [1.82, 2.24) is 20.4 Å². The summed E-state index contributed by atoms with van der Waals surface area (Å²) in [6, 6.07) is 11.3. The molecule has 1 unspecified atom stereocenters. The van der Waals surface area contributed by atoms with Gasteiger partial charge in [0.1, 0.15) is 5.75 Å². The van der Waals surface area contributed by atoms with Crippen LogP contribution < -0.4 is 15.4 Å². The molecule has 170 valence electrons. The first-order chi connectivity index (χ1) is 15.3. The van der Waals surface area contributed by atoms with E-state index in [0.717, 1.165) is 35.9 Å². The Morgan fingerprint density at radius 1 is 1.22 bits per heavy atom. The molecule has 1 atom stereocenters. The van der Waals surface area contributed by atoms with Gasteiger partial charge in [0.2, 0.25) is 0 Å². The van der Waals surface area contributed by atoms with E-state index < -0.39 is 6.36 Å². The molecule has 0 aliphatic carbocycles. The number of likely N-dealkylation sites (tertiary alicyclic amines) is 1. The minimum Gasteiger partial charge on any atom is -0.406 e. The minimum absolute atomic E-state index is 0.277. The molecule has 4 rings (SSSR count). The summed E-state index contributed by atoms with van der Waals surface area (Å²) in [7, 11) is 2.10. The van der Waals surface area contributed by atoms with Crippen molar-refractivity contribution in [2.24, 2.45) is 0 Å².